The van der Waals surface area contributed by atoms with Crippen molar-refractivity contribution >= 4 is 20.1 Å². The molecule has 6 nitrogen and oxygen atoms in total. The molecule has 0 amide bonds. The summed E-state index contributed by atoms with van der Waals surface area (Å²) in [6.07, 6.45) is 1.71. The number of nitrogens with two attached hydrogens (primary N) is 1. The molecule has 0 saturated heterocycles. The molecule has 4 unspecified atom stereocenters. The number of carbonyl (C=O) groups is 2. The third-order valence-corrected chi connectivity index (χ3v) is 4.37. The summed E-state index contributed by atoms with van der Waals surface area (Å²) >= 11 is 0. The van der Waals surface area contributed by atoms with Crippen LogP contribution in [0.4, 0.5) is 0 Å². The highest BCUT2D eigenvalue weighted by molar-refractivity contribution is 7.51. The van der Waals surface area contributed by atoms with Crippen molar-refractivity contribution in [2.75, 3.05) is 12.3 Å². The Hall–Kier alpha value is -0.710. The van der Waals surface area contributed by atoms with Crippen LogP contribution in [0.5, 0.6) is 0 Å². The average molecular weight is 249 g/mol. The van der Waals surface area contributed by atoms with Crippen molar-refractivity contribution in [1.29, 1.82) is 0 Å². The molecule has 0 aromatic rings. The maximum atomic E-state index is 10.5. The molecule has 0 bridgehead atoms. The van der Waals surface area contributed by atoms with E-state index in [0.717, 1.165) is 0 Å². The molecular weight excluding hydrogens is 233 g/mol. The van der Waals surface area contributed by atoms with E-state index in [9.17, 15) is 14.5 Å². The first-order valence-corrected chi connectivity index (χ1v) is 6.73. The van der Waals surface area contributed by atoms with Crippen molar-refractivity contribution in [2.45, 2.75) is 18.9 Å². The first-order valence-electron chi connectivity index (χ1n) is 5.06. The minimum atomic E-state index is -1.27. The van der Waals surface area contributed by atoms with Gasteiger partial charge >= 0.3 is 11.9 Å². The highest BCUT2D eigenvalue weighted by atomic mass is 31.1. The molecule has 5 N–H and O–H groups in total. The van der Waals surface area contributed by atoms with Gasteiger partial charge in [-0.15, -0.1) is 0 Å². The predicted octanol–water partition coefficient (Wildman–Crippen LogP) is -0.102. The van der Waals surface area contributed by atoms with Gasteiger partial charge in [0, 0.05) is 8.15 Å². The fraction of sp³-hybridized carbons (Fsp3) is 0.778. The Morgan fingerprint density at radius 1 is 1.44 bits per heavy atom. The van der Waals surface area contributed by atoms with Gasteiger partial charge in [0.1, 0.15) is 6.04 Å². The van der Waals surface area contributed by atoms with Gasteiger partial charge in [-0.25, -0.2) is 0 Å². The molecule has 1 rings (SSSR count). The number of hydrogen-bond donors (Lipinski definition) is 4. The zero-order valence-electron chi connectivity index (χ0n) is 8.74. The Balaban J connectivity index is 2.15. The molecule has 0 heterocycles. The van der Waals surface area contributed by atoms with E-state index in [4.69, 9.17) is 15.9 Å². The second-order valence-corrected chi connectivity index (χ2v) is 5.91. The minimum Gasteiger partial charge on any atom is -0.481 e. The summed E-state index contributed by atoms with van der Waals surface area (Å²) in [6, 6.07) is -0.938. The van der Waals surface area contributed by atoms with Gasteiger partial charge in [0.15, 0.2) is 0 Å². The third-order valence-electron chi connectivity index (χ3n) is 2.70. The van der Waals surface area contributed by atoms with E-state index >= 15 is 0 Å². The molecule has 1 saturated carbocycles. The molecule has 0 aromatic heterocycles. The quantitative estimate of drug-likeness (QED) is 0.467. The summed E-state index contributed by atoms with van der Waals surface area (Å²) in [5, 5.41) is 17.2. The van der Waals surface area contributed by atoms with Crippen LogP contribution in [0, 0.1) is 11.8 Å². The molecule has 0 aromatic carbocycles. The molecule has 0 spiro atoms. The summed E-state index contributed by atoms with van der Waals surface area (Å²) in [6.45, 7) is 0. The Labute approximate surface area is 94.3 Å². The Bertz CT molecular complexity index is 285. The molecule has 0 radical (unpaired) electrons. The number of aliphatic carboxylic acids is 2. The predicted molar refractivity (Wildman–Crippen MR) is 58.3 cm³/mol. The van der Waals surface area contributed by atoms with Gasteiger partial charge < -0.3 is 20.8 Å². The van der Waals surface area contributed by atoms with Gasteiger partial charge in [0.05, 0.1) is 5.92 Å². The van der Waals surface area contributed by atoms with Crippen molar-refractivity contribution in [1.82, 2.24) is 0 Å². The Morgan fingerprint density at radius 3 is 2.50 bits per heavy atom. The van der Waals surface area contributed by atoms with Crippen LogP contribution in [0.2, 0.25) is 0 Å². The Morgan fingerprint density at radius 2 is 2.06 bits per heavy atom. The number of hydrogen-bond acceptors (Lipinski definition) is 4. The van der Waals surface area contributed by atoms with Crippen molar-refractivity contribution < 1.29 is 24.7 Å². The number of carboxylic acids is 2. The lowest BCUT2D eigenvalue weighted by Gasteiger charge is -2.11. The van der Waals surface area contributed by atoms with Gasteiger partial charge in [-0.3, -0.25) is 9.59 Å². The van der Waals surface area contributed by atoms with Gasteiger partial charge in [0.2, 0.25) is 0 Å². The molecule has 1 aliphatic carbocycles. The lowest BCUT2D eigenvalue weighted by atomic mass is 10.2. The normalized spacial score (nSPS) is 27.1. The molecule has 1 fully saturated rings. The van der Waals surface area contributed by atoms with Crippen molar-refractivity contribution in [3.8, 4) is 0 Å². The smallest absolute Gasteiger partial charge is 0.320 e. The summed E-state index contributed by atoms with van der Waals surface area (Å²) in [5.74, 6) is -2.13. The van der Waals surface area contributed by atoms with Gasteiger partial charge in [-0.2, -0.15) is 0 Å². The van der Waals surface area contributed by atoms with Crippen molar-refractivity contribution in [3.63, 3.8) is 0 Å². The fourth-order valence-electron chi connectivity index (χ4n) is 1.53. The molecule has 7 heteroatoms. The molecule has 0 aliphatic heterocycles. The summed E-state index contributed by atoms with van der Waals surface area (Å²) < 4.78 is 0. The van der Waals surface area contributed by atoms with Crippen LogP contribution >= 0.6 is 8.15 Å². The SMILES string of the molecule is NC(CCP(O)CC1CC1C(=O)O)C(=O)O. The van der Waals surface area contributed by atoms with Gasteiger partial charge in [0.25, 0.3) is 0 Å². The van der Waals surface area contributed by atoms with E-state index in [1.165, 1.54) is 0 Å². The van der Waals surface area contributed by atoms with Crippen molar-refractivity contribution in [2.24, 2.45) is 17.6 Å². The van der Waals surface area contributed by atoms with E-state index in [0.29, 0.717) is 18.7 Å². The van der Waals surface area contributed by atoms with Gasteiger partial charge in [-0.05, 0) is 31.1 Å². The van der Waals surface area contributed by atoms with Crippen LogP contribution in [0.1, 0.15) is 12.8 Å². The molecule has 1 aliphatic rings. The third kappa shape index (κ3) is 4.04. The first-order chi connectivity index (χ1) is 7.41. The van der Waals surface area contributed by atoms with Crippen molar-refractivity contribution in [3.05, 3.63) is 0 Å². The number of rotatable bonds is 7. The zero-order chi connectivity index (χ0) is 12.3. The van der Waals surface area contributed by atoms with E-state index < -0.39 is 26.1 Å². The van der Waals surface area contributed by atoms with Crippen LogP contribution in [0.3, 0.4) is 0 Å². The van der Waals surface area contributed by atoms with E-state index in [-0.39, 0.29) is 18.3 Å². The maximum Gasteiger partial charge on any atom is 0.320 e. The van der Waals surface area contributed by atoms with E-state index in [2.05, 4.69) is 0 Å². The fourth-order valence-corrected chi connectivity index (χ4v) is 3.23. The molecule has 4 atom stereocenters. The van der Waals surface area contributed by atoms with Crippen LogP contribution in [-0.2, 0) is 9.59 Å². The largest absolute Gasteiger partial charge is 0.481 e. The maximum absolute atomic E-state index is 10.5. The number of carboxylic acid groups (broad SMARTS) is 2. The molecule has 92 valence electrons. The second kappa shape index (κ2) is 5.57. The van der Waals surface area contributed by atoms with E-state index in [1.54, 1.807) is 0 Å². The zero-order valence-corrected chi connectivity index (χ0v) is 9.64. The lowest BCUT2D eigenvalue weighted by molar-refractivity contribution is -0.139. The standard InChI is InChI=1S/C9H16NO5P/c10-7(9(13)14)1-2-16(15)4-5-3-6(5)8(11)12/h5-7,15H,1-4,10H2,(H,11,12)(H,13,14). The molecular formula is C9H16NO5P. The van der Waals surface area contributed by atoms with Crippen LogP contribution in [0.15, 0.2) is 0 Å². The highest BCUT2D eigenvalue weighted by Gasteiger charge is 2.43. The van der Waals surface area contributed by atoms with Crippen LogP contribution < -0.4 is 5.73 Å². The Kier molecular flexibility index (Phi) is 4.65. The summed E-state index contributed by atoms with van der Waals surface area (Å²) in [4.78, 5) is 30.6. The first kappa shape index (κ1) is 13.4. The lowest BCUT2D eigenvalue weighted by Crippen LogP contribution is -2.30. The summed E-state index contributed by atoms with van der Waals surface area (Å²) in [5.41, 5.74) is 5.29. The second-order valence-electron chi connectivity index (χ2n) is 4.09. The minimum absolute atomic E-state index is 0.0645. The monoisotopic (exact) mass is 249 g/mol. The topological polar surface area (TPSA) is 121 Å². The van der Waals surface area contributed by atoms with Crippen LogP contribution in [0.25, 0.3) is 0 Å². The molecule has 16 heavy (non-hydrogen) atoms. The van der Waals surface area contributed by atoms with E-state index in [1.807, 2.05) is 0 Å². The summed E-state index contributed by atoms with van der Waals surface area (Å²) in [7, 11) is -1.27. The average Bonchev–Trinajstić information content (AvgIpc) is 2.93. The highest BCUT2D eigenvalue weighted by Crippen LogP contribution is 2.47. The van der Waals surface area contributed by atoms with Crippen LogP contribution in [-0.4, -0.2) is 45.4 Å². The van der Waals surface area contributed by atoms with Gasteiger partial charge in [-0.1, -0.05) is 0 Å².